The molecule has 1 atom stereocenters. The van der Waals surface area contributed by atoms with E-state index < -0.39 is 5.60 Å². The Hall–Kier alpha value is -1.36. The Morgan fingerprint density at radius 2 is 2.09 bits per heavy atom. The highest BCUT2D eigenvalue weighted by Gasteiger charge is 2.36. The fourth-order valence-electron chi connectivity index (χ4n) is 3.20. The molecule has 1 aromatic carbocycles. The van der Waals surface area contributed by atoms with Crippen LogP contribution in [0.25, 0.3) is 0 Å². The minimum absolute atomic E-state index is 0.187. The quantitative estimate of drug-likeness (QED) is 0.743. The standard InChI is InChI=1S/C17H24N2O2S/c1-17(2,3)21-16(20)18-7-8-19-13(11-18)9-12-5-6-14(22-4)10-15(12)19/h5-6,10,13H,7-9,11H2,1-4H3/t13-/m0/s1. The number of benzene rings is 1. The average Bonchev–Trinajstić information content (AvgIpc) is 2.82. The van der Waals surface area contributed by atoms with Gasteiger partial charge in [0.1, 0.15) is 5.60 Å². The number of piperazine rings is 1. The number of hydrogen-bond donors (Lipinski definition) is 0. The van der Waals surface area contributed by atoms with Gasteiger partial charge in [0.05, 0.1) is 6.04 Å². The van der Waals surface area contributed by atoms with Gasteiger partial charge in [0.2, 0.25) is 0 Å². The first-order valence-corrected chi connectivity index (χ1v) is 9.01. The molecule has 0 bridgehead atoms. The van der Waals surface area contributed by atoms with Gasteiger partial charge < -0.3 is 14.5 Å². The van der Waals surface area contributed by atoms with Crippen LogP contribution in [0, 0.1) is 0 Å². The van der Waals surface area contributed by atoms with Gasteiger partial charge in [-0.2, -0.15) is 0 Å². The van der Waals surface area contributed by atoms with E-state index in [9.17, 15) is 4.79 Å². The number of nitrogens with zero attached hydrogens (tertiary/aromatic N) is 2. The number of thioether (sulfide) groups is 1. The zero-order chi connectivity index (χ0) is 15.9. The molecular weight excluding hydrogens is 296 g/mol. The summed E-state index contributed by atoms with van der Waals surface area (Å²) in [5.41, 5.74) is 2.31. The van der Waals surface area contributed by atoms with Crippen molar-refractivity contribution in [1.82, 2.24) is 4.90 Å². The van der Waals surface area contributed by atoms with Crippen LogP contribution in [0.15, 0.2) is 23.1 Å². The van der Waals surface area contributed by atoms with Crippen molar-refractivity contribution < 1.29 is 9.53 Å². The van der Waals surface area contributed by atoms with E-state index in [0.717, 1.165) is 26.1 Å². The maximum atomic E-state index is 12.3. The van der Waals surface area contributed by atoms with Gasteiger partial charge in [-0.3, -0.25) is 0 Å². The Morgan fingerprint density at radius 1 is 1.32 bits per heavy atom. The maximum Gasteiger partial charge on any atom is 0.410 e. The molecule has 0 aliphatic carbocycles. The van der Waals surface area contributed by atoms with Crippen LogP contribution in [-0.2, 0) is 11.2 Å². The first-order chi connectivity index (χ1) is 10.4. The summed E-state index contributed by atoms with van der Waals surface area (Å²) in [5.74, 6) is 0. The van der Waals surface area contributed by atoms with Crippen molar-refractivity contribution in [2.45, 2.75) is 43.7 Å². The second-order valence-electron chi connectivity index (χ2n) is 6.97. The second-order valence-corrected chi connectivity index (χ2v) is 7.85. The van der Waals surface area contributed by atoms with Crippen LogP contribution in [0.1, 0.15) is 26.3 Å². The summed E-state index contributed by atoms with van der Waals surface area (Å²) in [6.07, 6.45) is 2.94. The van der Waals surface area contributed by atoms with Crippen LogP contribution >= 0.6 is 11.8 Å². The largest absolute Gasteiger partial charge is 0.444 e. The van der Waals surface area contributed by atoms with Crippen molar-refractivity contribution >= 4 is 23.5 Å². The molecule has 120 valence electrons. The summed E-state index contributed by atoms with van der Waals surface area (Å²) >= 11 is 1.77. The molecule has 5 heteroatoms. The van der Waals surface area contributed by atoms with Crippen LogP contribution in [0.5, 0.6) is 0 Å². The number of anilines is 1. The number of fused-ring (bicyclic) bond motifs is 3. The summed E-state index contributed by atoms with van der Waals surface area (Å²) in [6.45, 7) is 8.10. The van der Waals surface area contributed by atoms with Crippen LogP contribution in [-0.4, -0.2) is 48.5 Å². The Kier molecular flexibility index (Phi) is 4.02. The van der Waals surface area contributed by atoms with Gasteiger partial charge in [-0.05, 0) is 51.1 Å². The second kappa shape index (κ2) is 5.69. The minimum atomic E-state index is -0.430. The average molecular weight is 320 g/mol. The van der Waals surface area contributed by atoms with Crippen molar-refractivity contribution in [3.05, 3.63) is 23.8 Å². The van der Waals surface area contributed by atoms with Crippen molar-refractivity contribution in [3.8, 4) is 0 Å². The fraction of sp³-hybridized carbons (Fsp3) is 0.588. The third-order valence-electron chi connectivity index (χ3n) is 4.19. The summed E-state index contributed by atoms with van der Waals surface area (Å²) < 4.78 is 5.50. The van der Waals surface area contributed by atoms with Gasteiger partial charge >= 0.3 is 6.09 Å². The predicted octanol–water partition coefficient (Wildman–Crippen LogP) is 3.39. The monoisotopic (exact) mass is 320 g/mol. The Labute approximate surface area is 136 Å². The van der Waals surface area contributed by atoms with E-state index in [-0.39, 0.29) is 6.09 Å². The van der Waals surface area contributed by atoms with Crippen molar-refractivity contribution in [2.24, 2.45) is 0 Å². The first-order valence-electron chi connectivity index (χ1n) is 7.79. The van der Waals surface area contributed by atoms with E-state index in [0.29, 0.717) is 6.04 Å². The number of ether oxygens (including phenoxy) is 1. The molecule has 0 unspecified atom stereocenters. The highest BCUT2D eigenvalue weighted by atomic mass is 32.2. The highest BCUT2D eigenvalue weighted by Crippen LogP contribution is 2.36. The van der Waals surface area contributed by atoms with E-state index in [1.165, 1.54) is 16.1 Å². The molecule has 4 nitrogen and oxygen atoms in total. The minimum Gasteiger partial charge on any atom is -0.444 e. The van der Waals surface area contributed by atoms with Crippen LogP contribution in [0.4, 0.5) is 10.5 Å². The normalized spacial score (nSPS) is 20.6. The zero-order valence-electron chi connectivity index (χ0n) is 13.8. The smallest absolute Gasteiger partial charge is 0.410 e. The van der Waals surface area contributed by atoms with Gasteiger partial charge in [-0.25, -0.2) is 4.79 Å². The lowest BCUT2D eigenvalue weighted by Gasteiger charge is -2.39. The van der Waals surface area contributed by atoms with E-state index in [4.69, 9.17) is 4.74 Å². The number of amides is 1. The predicted molar refractivity (Wildman–Crippen MR) is 90.9 cm³/mol. The molecule has 0 N–H and O–H groups in total. The third kappa shape index (κ3) is 3.05. The highest BCUT2D eigenvalue weighted by molar-refractivity contribution is 7.98. The number of carbonyl (C=O) groups is 1. The molecule has 3 rings (SSSR count). The third-order valence-corrected chi connectivity index (χ3v) is 4.92. The van der Waals surface area contributed by atoms with Crippen LogP contribution in [0.2, 0.25) is 0 Å². The first kappa shape index (κ1) is 15.5. The Balaban J connectivity index is 1.71. The molecule has 1 fully saturated rings. The molecule has 2 aliphatic rings. The summed E-state index contributed by atoms with van der Waals surface area (Å²) in [5, 5.41) is 0. The van der Waals surface area contributed by atoms with E-state index in [2.05, 4.69) is 29.4 Å². The summed E-state index contributed by atoms with van der Waals surface area (Å²) in [6, 6.07) is 7.09. The molecule has 0 aromatic heterocycles. The van der Waals surface area contributed by atoms with Crippen LogP contribution in [0.3, 0.4) is 0 Å². The molecule has 0 radical (unpaired) electrons. The SMILES string of the molecule is CSc1ccc2c(c1)N1CCN(C(=O)OC(C)(C)C)C[C@@H]1C2. The van der Waals surface area contributed by atoms with Gasteiger partial charge in [0.25, 0.3) is 0 Å². The molecule has 2 aliphatic heterocycles. The van der Waals surface area contributed by atoms with Crippen molar-refractivity contribution in [2.75, 3.05) is 30.8 Å². The lowest BCUT2D eigenvalue weighted by Crippen LogP contribution is -2.54. The van der Waals surface area contributed by atoms with Crippen molar-refractivity contribution in [1.29, 1.82) is 0 Å². The molecule has 1 saturated heterocycles. The maximum absolute atomic E-state index is 12.3. The zero-order valence-corrected chi connectivity index (χ0v) is 14.6. The molecule has 1 aromatic rings. The van der Waals surface area contributed by atoms with Gasteiger partial charge in [0, 0.05) is 30.2 Å². The van der Waals surface area contributed by atoms with Gasteiger partial charge in [-0.1, -0.05) is 6.07 Å². The molecule has 22 heavy (non-hydrogen) atoms. The van der Waals surface area contributed by atoms with E-state index in [1.54, 1.807) is 11.8 Å². The number of rotatable bonds is 1. The summed E-state index contributed by atoms with van der Waals surface area (Å²) in [4.78, 5) is 17.9. The lowest BCUT2D eigenvalue weighted by atomic mass is 10.1. The lowest BCUT2D eigenvalue weighted by molar-refractivity contribution is 0.0217. The van der Waals surface area contributed by atoms with Crippen molar-refractivity contribution in [3.63, 3.8) is 0 Å². The van der Waals surface area contributed by atoms with Gasteiger partial charge in [-0.15, -0.1) is 11.8 Å². The number of hydrogen-bond acceptors (Lipinski definition) is 4. The topological polar surface area (TPSA) is 32.8 Å². The Bertz CT molecular complexity index is 583. The van der Waals surface area contributed by atoms with E-state index >= 15 is 0 Å². The van der Waals surface area contributed by atoms with E-state index in [1.807, 2.05) is 25.7 Å². The number of carbonyl (C=O) groups excluding carboxylic acids is 1. The molecule has 1 amide bonds. The molecule has 0 saturated carbocycles. The Morgan fingerprint density at radius 3 is 2.77 bits per heavy atom. The summed E-state index contributed by atoms with van der Waals surface area (Å²) in [7, 11) is 0. The van der Waals surface area contributed by atoms with Crippen LogP contribution < -0.4 is 4.90 Å². The van der Waals surface area contributed by atoms with Gasteiger partial charge in [0.15, 0.2) is 0 Å². The molecular formula is C17H24N2O2S. The molecule has 2 heterocycles. The fourth-order valence-corrected chi connectivity index (χ4v) is 3.64. The molecule has 0 spiro atoms.